The fraction of sp³-hybridized carbons (Fsp3) is 0.273. The van der Waals surface area contributed by atoms with Crippen molar-refractivity contribution in [1.29, 1.82) is 0 Å². The van der Waals surface area contributed by atoms with Crippen LogP contribution in [-0.4, -0.2) is 22.2 Å². The summed E-state index contributed by atoms with van der Waals surface area (Å²) < 4.78 is 14.8. The van der Waals surface area contributed by atoms with Crippen molar-refractivity contribution in [3.63, 3.8) is 0 Å². The molecular formula is C22H23FN4O. The molecule has 0 bridgehead atoms. The summed E-state index contributed by atoms with van der Waals surface area (Å²) in [7, 11) is 0. The molecular weight excluding hydrogens is 355 g/mol. The Kier molecular flexibility index (Phi) is 5.21. The lowest BCUT2D eigenvalue weighted by Gasteiger charge is -2.18. The normalized spacial score (nSPS) is 14.6. The maximum Gasteiger partial charge on any atom is 0.239 e. The van der Waals surface area contributed by atoms with Crippen molar-refractivity contribution in [1.82, 2.24) is 15.1 Å². The fourth-order valence-electron chi connectivity index (χ4n) is 3.40. The van der Waals surface area contributed by atoms with Crippen LogP contribution >= 0.6 is 0 Å². The molecule has 3 aromatic rings. The molecule has 0 aliphatic heterocycles. The van der Waals surface area contributed by atoms with Crippen LogP contribution in [0.1, 0.15) is 30.1 Å². The zero-order valence-electron chi connectivity index (χ0n) is 15.7. The van der Waals surface area contributed by atoms with Gasteiger partial charge in [-0.1, -0.05) is 30.3 Å². The Morgan fingerprint density at radius 2 is 1.89 bits per heavy atom. The summed E-state index contributed by atoms with van der Waals surface area (Å²) in [5.41, 5.74) is 2.68. The highest BCUT2D eigenvalue weighted by molar-refractivity contribution is 5.91. The number of aryl methyl sites for hydroxylation is 1. The van der Waals surface area contributed by atoms with Crippen LogP contribution in [0, 0.1) is 18.7 Å². The molecule has 2 N–H and O–H groups in total. The van der Waals surface area contributed by atoms with Crippen molar-refractivity contribution in [3.8, 4) is 5.69 Å². The zero-order valence-corrected chi connectivity index (χ0v) is 15.7. The SMILES string of the molecule is Cc1cc(NC(=O)CNC(c2ccccc2)C2CC2)n(-c2ccc(F)cc2)n1. The van der Waals surface area contributed by atoms with Gasteiger partial charge in [-0.05, 0) is 55.5 Å². The molecule has 1 saturated carbocycles. The van der Waals surface area contributed by atoms with Crippen molar-refractivity contribution < 1.29 is 9.18 Å². The largest absolute Gasteiger partial charge is 0.309 e. The Bertz CT molecular complexity index is 948. The second-order valence-corrected chi connectivity index (χ2v) is 7.21. The van der Waals surface area contributed by atoms with Gasteiger partial charge >= 0.3 is 0 Å². The standard InChI is InChI=1S/C22H23FN4O/c1-15-13-20(27(26-15)19-11-9-18(23)10-12-19)25-21(28)14-24-22(17-7-8-17)16-5-3-2-4-6-16/h2-6,9-13,17,22,24H,7-8,14H2,1H3,(H,25,28). The predicted molar refractivity (Wildman–Crippen MR) is 107 cm³/mol. The molecule has 2 aromatic carbocycles. The average Bonchev–Trinajstić information content (AvgIpc) is 3.46. The fourth-order valence-corrected chi connectivity index (χ4v) is 3.40. The number of amides is 1. The molecule has 28 heavy (non-hydrogen) atoms. The first-order valence-electron chi connectivity index (χ1n) is 9.51. The van der Waals surface area contributed by atoms with Gasteiger partial charge < -0.3 is 10.6 Å². The number of halogens is 1. The first-order valence-corrected chi connectivity index (χ1v) is 9.51. The summed E-state index contributed by atoms with van der Waals surface area (Å²) in [5.74, 6) is 0.708. The number of nitrogens with one attached hydrogen (secondary N) is 2. The van der Waals surface area contributed by atoms with Gasteiger partial charge in [0.15, 0.2) is 0 Å². The van der Waals surface area contributed by atoms with E-state index in [4.69, 9.17) is 0 Å². The number of rotatable bonds is 7. The summed E-state index contributed by atoms with van der Waals surface area (Å²) in [6.07, 6.45) is 2.37. The second kappa shape index (κ2) is 7.94. The molecule has 0 saturated heterocycles. The van der Waals surface area contributed by atoms with Crippen LogP contribution in [0.4, 0.5) is 10.2 Å². The highest BCUT2D eigenvalue weighted by Gasteiger charge is 2.32. The van der Waals surface area contributed by atoms with Crippen molar-refractivity contribution in [3.05, 3.63) is 77.7 Å². The zero-order chi connectivity index (χ0) is 19.5. The topological polar surface area (TPSA) is 59.0 Å². The number of nitrogens with zero attached hydrogens (tertiary/aromatic N) is 2. The van der Waals surface area contributed by atoms with Gasteiger partial charge in [0.1, 0.15) is 11.6 Å². The molecule has 1 fully saturated rings. The van der Waals surface area contributed by atoms with E-state index < -0.39 is 0 Å². The molecule has 1 heterocycles. The molecule has 0 spiro atoms. The van der Waals surface area contributed by atoms with Gasteiger partial charge in [-0.2, -0.15) is 5.10 Å². The summed E-state index contributed by atoms with van der Waals surface area (Å²) >= 11 is 0. The third kappa shape index (κ3) is 4.28. The van der Waals surface area contributed by atoms with E-state index in [1.54, 1.807) is 22.9 Å². The minimum absolute atomic E-state index is 0.134. The first-order chi connectivity index (χ1) is 13.6. The van der Waals surface area contributed by atoms with Gasteiger partial charge in [0.25, 0.3) is 0 Å². The third-order valence-corrected chi connectivity index (χ3v) is 4.90. The van der Waals surface area contributed by atoms with E-state index in [1.807, 2.05) is 25.1 Å². The number of hydrogen-bond acceptors (Lipinski definition) is 3. The number of benzene rings is 2. The molecule has 5 nitrogen and oxygen atoms in total. The number of anilines is 1. The molecule has 6 heteroatoms. The van der Waals surface area contributed by atoms with Crippen LogP contribution in [0.2, 0.25) is 0 Å². The molecule has 144 valence electrons. The van der Waals surface area contributed by atoms with Crippen LogP contribution < -0.4 is 10.6 Å². The van der Waals surface area contributed by atoms with E-state index >= 15 is 0 Å². The van der Waals surface area contributed by atoms with Gasteiger partial charge in [0.2, 0.25) is 5.91 Å². The molecule has 1 amide bonds. The minimum Gasteiger partial charge on any atom is -0.309 e. The Morgan fingerprint density at radius 1 is 1.18 bits per heavy atom. The van der Waals surface area contributed by atoms with Crippen LogP contribution in [0.3, 0.4) is 0 Å². The molecule has 1 aliphatic rings. The number of carbonyl (C=O) groups excluding carboxylic acids is 1. The minimum atomic E-state index is -0.311. The summed E-state index contributed by atoms with van der Waals surface area (Å²) in [6.45, 7) is 2.07. The predicted octanol–water partition coefficient (Wildman–Crippen LogP) is 4.00. The van der Waals surface area contributed by atoms with E-state index in [1.165, 1.54) is 30.5 Å². The Labute approximate surface area is 163 Å². The maximum atomic E-state index is 13.2. The van der Waals surface area contributed by atoms with E-state index in [9.17, 15) is 9.18 Å². The Balaban J connectivity index is 1.43. The van der Waals surface area contributed by atoms with E-state index in [2.05, 4.69) is 27.9 Å². The number of hydrogen-bond donors (Lipinski definition) is 2. The Hall–Kier alpha value is -2.99. The molecule has 1 atom stereocenters. The van der Waals surface area contributed by atoms with Gasteiger partial charge in [-0.25, -0.2) is 9.07 Å². The average molecular weight is 378 g/mol. The van der Waals surface area contributed by atoms with Crippen molar-refractivity contribution in [2.75, 3.05) is 11.9 Å². The van der Waals surface area contributed by atoms with Gasteiger partial charge in [0, 0.05) is 12.1 Å². The number of aromatic nitrogens is 2. The van der Waals surface area contributed by atoms with Crippen LogP contribution in [-0.2, 0) is 4.79 Å². The highest BCUT2D eigenvalue weighted by atomic mass is 19.1. The van der Waals surface area contributed by atoms with Gasteiger partial charge in [-0.3, -0.25) is 4.79 Å². The number of carbonyl (C=O) groups is 1. The lowest BCUT2D eigenvalue weighted by atomic mass is 10.0. The van der Waals surface area contributed by atoms with E-state index in [-0.39, 0.29) is 24.3 Å². The maximum absolute atomic E-state index is 13.2. The Morgan fingerprint density at radius 3 is 2.57 bits per heavy atom. The highest BCUT2D eigenvalue weighted by Crippen LogP contribution is 2.40. The monoisotopic (exact) mass is 378 g/mol. The van der Waals surface area contributed by atoms with Crippen LogP contribution in [0.25, 0.3) is 5.69 Å². The molecule has 1 aromatic heterocycles. The molecule has 0 radical (unpaired) electrons. The quantitative estimate of drug-likeness (QED) is 0.653. The van der Waals surface area contributed by atoms with E-state index in [0.717, 1.165) is 5.69 Å². The summed E-state index contributed by atoms with van der Waals surface area (Å²) in [5, 5.41) is 10.7. The second-order valence-electron chi connectivity index (χ2n) is 7.21. The first kappa shape index (κ1) is 18.4. The molecule has 1 unspecified atom stereocenters. The van der Waals surface area contributed by atoms with Crippen molar-refractivity contribution in [2.24, 2.45) is 5.92 Å². The summed E-state index contributed by atoms with van der Waals surface area (Å²) in [6, 6.07) is 18.3. The van der Waals surface area contributed by atoms with Crippen LogP contribution in [0.5, 0.6) is 0 Å². The van der Waals surface area contributed by atoms with Crippen molar-refractivity contribution >= 4 is 11.7 Å². The summed E-state index contributed by atoms with van der Waals surface area (Å²) in [4.78, 5) is 12.6. The lowest BCUT2D eigenvalue weighted by molar-refractivity contribution is -0.115. The van der Waals surface area contributed by atoms with Gasteiger partial charge in [-0.15, -0.1) is 0 Å². The van der Waals surface area contributed by atoms with E-state index in [0.29, 0.717) is 17.4 Å². The molecule has 1 aliphatic carbocycles. The van der Waals surface area contributed by atoms with Gasteiger partial charge in [0.05, 0.1) is 17.9 Å². The molecule has 4 rings (SSSR count). The lowest BCUT2D eigenvalue weighted by Crippen LogP contribution is -2.32. The van der Waals surface area contributed by atoms with Crippen molar-refractivity contribution in [2.45, 2.75) is 25.8 Å². The smallest absolute Gasteiger partial charge is 0.239 e. The third-order valence-electron chi connectivity index (χ3n) is 4.90. The van der Waals surface area contributed by atoms with Crippen LogP contribution in [0.15, 0.2) is 60.7 Å².